The molecule has 0 unspecified atom stereocenters. The molecule has 1 aliphatic heterocycles. The van der Waals surface area contributed by atoms with Gasteiger partial charge in [-0.3, -0.25) is 9.69 Å². The van der Waals surface area contributed by atoms with Crippen LogP contribution in [0.1, 0.15) is 52.7 Å². The molecule has 1 amide bonds. The number of methoxy groups -OCH3 is 1. The zero-order valence-electron chi connectivity index (χ0n) is 25.5. The molecule has 11 nitrogen and oxygen atoms in total. The number of carbonyl (C=O) groups excluding carboxylic acids is 2. The molecule has 0 saturated carbocycles. The zero-order chi connectivity index (χ0) is 33.5. The molecule has 0 spiro atoms. The number of rotatable bonds is 8. The van der Waals surface area contributed by atoms with Gasteiger partial charge in [0.15, 0.2) is 10.9 Å². The fraction of sp³-hybridized carbons (Fsp3) is 0.400. The molecule has 1 aromatic heterocycles. The van der Waals surface area contributed by atoms with Crippen molar-refractivity contribution >= 4 is 51.7 Å². The molecule has 1 aliphatic rings. The highest BCUT2D eigenvalue weighted by Crippen LogP contribution is 2.41. The van der Waals surface area contributed by atoms with Crippen molar-refractivity contribution in [3.8, 4) is 18.0 Å². The average molecular weight is 646 g/mol. The third-order valence-corrected chi connectivity index (χ3v) is 6.94. The Morgan fingerprint density at radius 3 is 2.38 bits per heavy atom. The van der Waals surface area contributed by atoms with Crippen molar-refractivity contribution in [3.05, 3.63) is 47.3 Å². The minimum atomic E-state index is -3.38. The number of nitriles is 1. The molecule has 2 aromatic carbocycles. The second-order valence-corrected chi connectivity index (χ2v) is 11.9. The highest BCUT2D eigenvalue weighted by molar-refractivity contribution is 7.81. The maximum absolute atomic E-state index is 15.6. The van der Waals surface area contributed by atoms with Gasteiger partial charge in [-0.1, -0.05) is 0 Å². The van der Waals surface area contributed by atoms with E-state index < -0.39 is 40.5 Å². The predicted octanol–water partition coefficient (Wildman–Crippen LogP) is 6.01. The van der Waals surface area contributed by atoms with E-state index in [0.29, 0.717) is 6.92 Å². The highest BCUT2D eigenvalue weighted by Gasteiger charge is 2.51. The number of aromatic nitrogens is 2. The normalized spacial score (nSPS) is 14.9. The summed E-state index contributed by atoms with van der Waals surface area (Å²) in [6.45, 7) is 8.36. The summed E-state index contributed by atoms with van der Waals surface area (Å²) >= 11 is 5.65. The van der Waals surface area contributed by atoms with Crippen molar-refractivity contribution in [1.82, 2.24) is 9.97 Å². The van der Waals surface area contributed by atoms with Crippen LogP contribution in [0.25, 0.3) is 10.9 Å². The zero-order valence-corrected chi connectivity index (χ0v) is 26.3. The first-order chi connectivity index (χ1) is 20.9. The van der Waals surface area contributed by atoms with E-state index in [1.807, 2.05) is 0 Å². The van der Waals surface area contributed by atoms with Gasteiger partial charge in [-0.15, -0.1) is 0 Å². The fourth-order valence-corrected chi connectivity index (χ4v) is 5.11. The van der Waals surface area contributed by atoms with Crippen LogP contribution in [0.5, 0.6) is 11.9 Å². The first-order valence-corrected chi connectivity index (χ1v) is 13.9. The Bertz CT molecular complexity index is 1730. The van der Waals surface area contributed by atoms with Gasteiger partial charge in [-0.05, 0) is 77.2 Å². The molecule has 1 fully saturated rings. The molecule has 2 heterocycles. The van der Waals surface area contributed by atoms with E-state index in [1.165, 1.54) is 30.2 Å². The molecule has 15 heteroatoms. The molecule has 0 atom stereocenters. The number of anilines is 2. The summed E-state index contributed by atoms with van der Waals surface area (Å²) in [7, 11) is 1.29. The van der Waals surface area contributed by atoms with Gasteiger partial charge in [-0.25, -0.2) is 18.0 Å². The van der Waals surface area contributed by atoms with Crippen LogP contribution in [0.3, 0.4) is 0 Å². The minimum Gasteiger partial charge on any atom is -0.473 e. The Balaban J connectivity index is 1.72. The quantitative estimate of drug-likeness (QED) is 0.162. The van der Waals surface area contributed by atoms with Crippen LogP contribution in [-0.2, 0) is 20.2 Å². The number of amides is 1. The molecule has 238 valence electrons. The van der Waals surface area contributed by atoms with Gasteiger partial charge >= 0.3 is 12.2 Å². The van der Waals surface area contributed by atoms with Crippen molar-refractivity contribution in [3.63, 3.8) is 0 Å². The SMILES string of the molecule is COc1nc(OCCOC(=O)OC(C)(C)C)c2cc(N3C(=S)N(c4ccc(C#N)c(C(C)(F)F)c4)C(=O)C3(C)C)cc(F)c2n1. The minimum absolute atomic E-state index is 0.0134. The number of carbonyl (C=O) groups is 2. The maximum Gasteiger partial charge on any atom is 0.508 e. The second-order valence-electron chi connectivity index (χ2n) is 11.5. The van der Waals surface area contributed by atoms with Gasteiger partial charge in [0.25, 0.3) is 11.8 Å². The number of alkyl halides is 2. The maximum atomic E-state index is 15.6. The number of hydrogen-bond acceptors (Lipinski definition) is 10. The van der Waals surface area contributed by atoms with Gasteiger partial charge in [0.1, 0.15) is 29.9 Å². The van der Waals surface area contributed by atoms with E-state index in [0.717, 1.165) is 17.0 Å². The van der Waals surface area contributed by atoms with Crippen molar-refractivity contribution < 1.29 is 41.7 Å². The summed E-state index contributed by atoms with van der Waals surface area (Å²) in [5.74, 6) is -4.89. The van der Waals surface area contributed by atoms with Crippen LogP contribution >= 0.6 is 12.2 Å². The van der Waals surface area contributed by atoms with Gasteiger partial charge < -0.3 is 23.8 Å². The summed E-state index contributed by atoms with van der Waals surface area (Å²) in [5.41, 5.74) is -3.03. The lowest BCUT2D eigenvalue weighted by molar-refractivity contribution is -0.120. The Labute approximate surface area is 262 Å². The Kier molecular flexibility index (Phi) is 8.85. The van der Waals surface area contributed by atoms with Crippen molar-refractivity contribution in [1.29, 1.82) is 5.26 Å². The van der Waals surface area contributed by atoms with E-state index in [4.69, 9.17) is 31.2 Å². The number of halogens is 3. The molecule has 3 aromatic rings. The molecule has 1 saturated heterocycles. The number of ether oxygens (including phenoxy) is 4. The molecule has 0 N–H and O–H groups in total. The lowest BCUT2D eigenvalue weighted by Gasteiger charge is -2.29. The molecule has 0 radical (unpaired) electrons. The fourth-order valence-electron chi connectivity index (χ4n) is 4.59. The van der Waals surface area contributed by atoms with Crippen LogP contribution in [0.4, 0.5) is 29.3 Å². The van der Waals surface area contributed by atoms with Crippen molar-refractivity contribution in [2.75, 3.05) is 30.1 Å². The van der Waals surface area contributed by atoms with E-state index in [1.54, 1.807) is 40.7 Å². The van der Waals surface area contributed by atoms with Crippen LogP contribution in [0.15, 0.2) is 30.3 Å². The van der Waals surface area contributed by atoms with Crippen molar-refractivity contribution in [2.24, 2.45) is 0 Å². The molecular formula is C30H30F3N5O6S. The Morgan fingerprint density at radius 1 is 1.09 bits per heavy atom. The Morgan fingerprint density at radius 2 is 1.78 bits per heavy atom. The number of benzene rings is 2. The van der Waals surface area contributed by atoms with Crippen molar-refractivity contribution in [2.45, 2.75) is 58.6 Å². The molecule has 0 bridgehead atoms. The Hall–Kier alpha value is -4.71. The summed E-state index contributed by atoms with van der Waals surface area (Å²) < 4.78 is 65.3. The third kappa shape index (κ3) is 6.70. The van der Waals surface area contributed by atoms with Crippen LogP contribution in [0.2, 0.25) is 0 Å². The lowest BCUT2D eigenvalue weighted by atomic mass is 10.0. The van der Waals surface area contributed by atoms with E-state index in [-0.39, 0.29) is 58.1 Å². The van der Waals surface area contributed by atoms with E-state index in [2.05, 4.69) is 9.97 Å². The van der Waals surface area contributed by atoms with Crippen LogP contribution < -0.4 is 19.3 Å². The largest absolute Gasteiger partial charge is 0.508 e. The van der Waals surface area contributed by atoms with Gasteiger partial charge in [0.05, 0.1) is 29.8 Å². The van der Waals surface area contributed by atoms with Crippen LogP contribution in [0, 0.1) is 17.1 Å². The standard InChI is InChI=1S/C30H30F3N5O6S/c1-28(2,3)44-27(40)43-11-10-42-23-19-12-18(14-21(31)22(19)35-25(36-23)41-7)38-26(45)37(24(39)29(38,4)5)17-9-8-16(15-34)20(13-17)30(6,32)33/h8-9,12-14H,10-11H2,1-7H3. The number of nitrogens with zero attached hydrogens (tertiary/aromatic N) is 5. The van der Waals surface area contributed by atoms with Crippen LogP contribution in [-0.4, -0.2) is 58.6 Å². The van der Waals surface area contributed by atoms with E-state index >= 15 is 4.39 Å². The van der Waals surface area contributed by atoms with E-state index in [9.17, 15) is 23.6 Å². The highest BCUT2D eigenvalue weighted by atomic mass is 32.1. The molecule has 45 heavy (non-hydrogen) atoms. The second kappa shape index (κ2) is 12.0. The number of hydrogen-bond donors (Lipinski definition) is 0. The summed E-state index contributed by atoms with van der Waals surface area (Å²) in [4.78, 5) is 36.2. The third-order valence-electron chi connectivity index (χ3n) is 6.58. The molecular weight excluding hydrogens is 615 g/mol. The predicted molar refractivity (Wildman–Crippen MR) is 161 cm³/mol. The summed E-state index contributed by atoms with van der Waals surface area (Å²) in [6.07, 6.45) is -0.902. The molecule has 0 aliphatic carbocycles. The summed E-state index contributed by atoms with van der Waals surface area (Å²) in [5, 5.41) is 9.29. The first kappa shape index (κ1) is 33.2. The lowest BCUT2D eigenvalue weighted by Crippen LogP contribution is -2.44. The van der Waals surface area contributed by atoms with Gasteiger partial charge in [0.2, 0.25) is 5.88 Å². The van der Waals surface area contributed by atoms with Gasteiger partial charge in [0, 0.05) is 18.2 Å². The number of thiocarbonyl (C=S) groups is 1. The smallest absolute Gasteiger partial charge is 0.473 e. The van der Waals surface area contributed by atoms with Gasteiger partial charge in [-0.2, -0.15) is 15.2 Å². The topological polar surface area (TPSA) is 127 Å². The monoisotopic (exact) mass is 645 g/mol. The molecule has 4 rings (SSSR count). The average Bonchev–Trinajstić information content (AvgIpc) is 3.11. The first-order valence-electron chi connectivity index (χ1n) is 13.5. The summed E-state index contributed by atoms with van der Waals surface area (Å²) in [6, 6.07) is 7.66. The number of fused-ring (bicyclic) bond motifs is 1.